The van der Waals surface area contributed by atoms with Crippen molar-refractivity contribution in [2.75, 3.05) is 7.11 Å². The van der Waals surface area contributed by atoms with E-state index in [1.54, 1.807) is 19.3 Å². The number of hydrogen-bond acceptors (Lipinski definition) is 4. The van der Waals surface area contributed by atoms with Gasteiger partial charge in [-0.05, 0) is 46.3 Å². The van der Waals surface area contributed by atoms with E-state index in [4.69, 9.17) is 16.3 Å². The molecule has 0 unspecified atom stereocenters. The molecule has 1 aliphatic heterocycles. The highest BCUT2D eigenvalue weighted by Crippen LogP contribution is 2.37. The minimum absolute atomic E-state index is 0.147. The maximum Gasteiger partial charge on any atom is 0.293 e. The molecule has 0 radical (unpaired) electrons. The van der Waals surface area contributed by atoms with Crippen molar-refractivity contribution in [3.63, 3.8) is 0 Å². The molecule has 0 bridgehead atoms. The zero-order chi connectivity index (χ0) is 19.7. The van der Waals surface area contributed by atoms with E-state index in [2.05, 4.69) is 0 Å². The number of thioether (sulfide) groups is 1. The van der Waals surface area contributed by atoms with Gasteiger partial charge < -0.3 is 4.74 Å². The summed E-state index contributed by atoms with van der Waals surface area (Å²) in [5.74, 6) is 0.321. The molecular formula is C22H16ClNO3S. The first-order valence-electron chi connectivity index (χ1n) is 8.63. The number of nitrogens with zero attached hydrogens (tertiary/aromatic N) is 1. The lowest BCUT2D eigenvalue weighted by molar-refractivity contribution is -0.123. The molecule has 3 aromatic carbocycles. The van der Waals surface area contributed by atoms with E-state index in [0.29, 0.717) is 15.7 Å². The van der Waals surface area contributed by atoms with Crippen LogP contribution >= 0.6 is 23.4 Å². The van der Waals surface area contributed by atoms with E-state index in [-0.39, 0.29) is 17.7 Å². The largest absolute Gasteiger partial charge is 0.496 e. The number of hydrogen-bond donors (Lipinski definition) is 0. The summed E-state index contributed by atoms with van der Waals surface area (Å²) in [6, 6.07) is 18.9. The molecule has 140 valence electrons. The molecule has 0 N–H and O–H groups in total. The number of amides is 2. The van der Waals surface area contributed by atoms with E-state index in [0.717, 1.165) is 33.7 Å². The third kappa shape index (κ3) is 3.39. The van der Waals surface area contributed by atoms with Crippen LogP contribution in [0, 0.1) is 0 Å². The van der Waals surface area contributed by atoms with E-state index < -0.39 is 0 Å². The Labute approximate surface area is 171 Å². The van der Waals surface area contributed by atoms with E-state index in [9.17, 15) is 9.59 Å². The fourth-order valence-electron chi connectivity index (χ4n) is 3.17. The first-order valence-corrected chi connectivity index (χ1v) is 9.82. The molecule has 28 heavy (non-hydrogen) atoms. The molecular weight excluding hydrogens is 394 g/mol. The standard InChI is InChI=1S/C22H16ClNO3S/c1-27-19-11-10-14-6-2-4-8-16(14)17(19)12-20-21(25)24(22(26)28-20)13-15-7-3-5-9-18(15)23/h2-12H,13H2,1H3/b20-12+. The Morgan fingerprint density at radius 1 is 1.04 bits per heavy atom. The minimum Gasteiger partial charge on any atom is -0.496 e. The Morgan fingerprint density at radius 2 is 1.79 bits per heavy atom. The normalized spacial score (nSPS) is 15.6. The molecule has 1 saturated heterocycles. The van der Waals surface area contributed by atoms with Gasteiger partial charge >= 0.3 is 0 Å². The molecule has 4 rings (SSSR count). The number of carbonyl (C=O) groups excluding carboxylic acids is 2. The predicted octanol–water partition coefficient (Wildman–Crippen LogP) is 5.74. The van der Waals surface area contributed by atoms with E-state index in [1.807, 2.05) is 54.6 Å². The Kier molecular flexibility index (Phi) is 5.11. The van der Waals surface area contributed by atoms with E-state index >= 15 is 0 Å². The summed E-state index contributed by atoms with van der Waals surface area (Å²) < 4.78 is 5.48. The lowest BCUT2D eigenvalue weighted by atomic mass is 10.0. The summed E-state index contributed by atoms with van der Waals surface area (Å²) in [7, 11) is 1.59. The quantitative estimate of drug-likeness (QED) is 0.515. The number of ether oxygens (including phenoxy) is 1. The molecule has 4 nitrogen and oxygen atoms in total. The van der Waals surface area contributed by atoms with Crippen LogP contribution in [0.5, 0.6) is 5.75 Å². The SMILES string of the molecule is COc1ccc2ccccc2c1/C=C1/SC(=O)N(Cc2ccccc2Cl)C1=O. The summed E-state index contributed by atoms with van der Waals surface area (Å²) in [6.45, 7) is 0.147. The molecule has 1 fully saturated rings. The highest BCUT2D eigenvalue weighted by molar-refractivity contribution is 8.18. The molecule has 1 heterocycles. The van der Waals surface area contributed by atoms with Gasteiger partial charge in [0.25, 0.3) is 11.1 Å². The molecule has 0 aromatic heterocycles. The van der Waals surface area contributed by atoms with Gasteiger partial charge in [0, 0.05) is 10.6 Å². The number of benzene rings is 3. The number of carbonyl (C=O) groups is 2. The monoisotopic (exact) mass is 409 g/mol. The summed E-state index contributed by atoms with van der Waals surface area (Å²) in [6.07, 6.45) is 1.73. The Bertz CT molecular complexity index is 1130. The average Bonchev–Trinajstić information content (AvgIpc) is 2.97. The second-order valence-electron chi connectivity index (χ2n) is 6.26. The zero-order valence-corrected chi connectivity index (χ0v) is 16.6. The second kappa shape index (κ2) is 7.70. The number of methoxy groups -OCH3 is 1. The molecule has 0 aliphatic carbocycles. The Hall–Kier alpha value is -2.76. The molecule has 1 aliphatic rings. The minimum atomic E-state index is -0.329. The Morgan fingerprint density at radius 3 is 2.57 bits per heavy atom. The van der Waals surface area contributed by atoms with Crippen molar-refractivity contribution in [3.8, 4) is 5.75 Å². The van der Waals surface area contributed by atoms with Crippen LogP contribution in [-0.2, 0) is 11.3 Å². The van der Waals surface area contributed by atoms with E-state index in [1.165, 1.54) is 4.90 Å². The molecule has 0 spiro atoms. The lowest BCUT2D eigenvalue weighted by Crippen LogP contribution is -2.27. The van der Waals surface area contributed by atoms with Gasteiger partial charge in [-0.3, -0.25) is 14.5 Å². The summed E-state index contributed by atoms with van der Waals surface area (Å²) in [5.41, 5.74) is 1.51. The van der Waals surface area contributed by atoms with Crippen LogP contribution in [0.4, 0.5) is 4.79 Å². The van der Waals surface area contributed by atoms with Crippen molar-refractivity contribution in [3.05, 3.63) is 81.7 Å². The van der Waals surface area contributed by atoms with Crippen LogP contribution in [0.1, 0.15) is 11.1 Å². The third-order valence-corrected chi connectivity index (χ3v) is 5.86. The van der Waals surface area contributed by atoms with Gasteiger partial charge in [-0.25, -0.2) is 0 Å². The summed E-state index contributed by atoms with van der Waals surface area (Å²) in [4.78, 5) is 27.0. The fourth-order valence-corrected chi connectivity index (χ4v) is 4.18. The zero-order valence-electron chi connectivity index (χ0n) is 15.0. The first kappa shape index (κ1) is 18.6. The van der Waals surface area contributed by atoms with Crippen LogP contribution in [0.3, 0.4) is 0 Å². The van der Waals surface area contributed by atoms with Crippen LogP contribution in [0.2, 0.25) is 5.02 Å². The van der Waals surface area contributed by atoms with Gasteiger partial charge in [-0.1, -0.05) is 60.1 Å². The highest BCUT2D eigenvalue weighted by Gasteiger charge is 2.35. The van der Waals surface area contributed by atoms with Crippen molar-refractivity contribution in [1.82, 2.24) is 4.90 Å². The van der Waals surface area contributed by atoms with Crippen molar-refractivity contribution in [2.24, 2.45) is 0 Å². The van der Waals surface area contributed by atoms with Crippen LogP contribution < -0.4 is 4.74 Å². The van der Waals surface area contributed by atoms with Crippen molar-refractivity contribution < 1.29 is 14.3 Å². The van der Waals surface area contributed by atoms with Crippen LogP contribution in [-0.4, -0.2) is 23.2 Å². The third-order valence-electron chi connectivity index (χ3n) is 4.59. The number of fused-ring (bicyclic) bond motifs is 1. The lowest BCUT2D eigenvalue weighted by Gasteiger charge is -2.13. The molecule has 2 amide bonds. The fraction of sp³-hybridized carbons (Fsp3) is 0.0909. The molecule has 0 saturated carbocycles. The van der Waals surface area contributed by atoms with Crippen molar-refractivity contribution in [2.45, 2.75) is 6.54 Å². The molecule has 0 atom stereocenters. The van der Waals surface area contributed by atoms with Gasteiger partial charge in [0.2, 0.25) is 0 Å². The van der Waals surface area contributed by atoms with Crippen LogP contribution in [0.15, 0.2) is 65.6 Å². The van der Waals surface area contributed by atoms with Gasteiger partial charge in [-0.15, -0.1) is 0 Å². The smallest absolute Gasteiger partial charge is 0.293 e. The van der Waals surface area contributed by atoms with Crippen molar-refractivity contribution >= 4 is 51.4 Å². The number of imide groups is 1. The first-order chi connectivity index (χ1) is 13.6. The Balaban J connectivity index is 1.72. The number of halogens is 1. The summed E-state index contributed by atoms with van der Waals surface area (Å²) in [5, 5.41) is 2.21. The molecule has 3 aromatic rings. The van der Waals surface area contributed by atoms with Gasteiger partial charge in [-0.2, -0.15) is 0 Å². The predicted molar refractivity (Wildman–Crippen MR) is 113 cm³/mol. The average molecular weight is 410 g/mol. The van der Waals surface area contributed by atoms with Crippen molar-refractivity contribution in [1.29, 1.82) is 0 Å². The van der Waals surface area contributed by atoms with Gasteiger partial charge in [0.15, 0.2) is 0 Å². The number of rotatable bonds is 4. The van der Waals surface area contributed by atoms with Crippen LogP contribution in [0.25, 0.3) is 16.8 Å². The van der Waals surface area contributed by atoms with Gasteiger partial charge in [0.1, 0.15) is 5.75 Å². The van der Waals surface area contributed by atoms with Gasteiger partial charge in [0.05, 0.1) is 18.6 Å². The second-order valence-corrected chi connectivity index (χ2v) is 7.66. The maximum absolute atomic E-state index is 12.9. The maximum atomic E-state index is 12.9. The summed E-state index contributed by atoms with van der Waals surface area (Å²) >= 11 is 7.11. The topological polar surface area (TPSA) is 46.6 Å². The molecule has 6 heteroatoms. The highest BCUT2D eigenvalue weighted by atomic mass is 35.5.